The first-order valence-electron chi connectivity index (χ1n) is 8.38. The SMILES string of the molecule is CN=C(NCC1CCN(C(C)=O)CC1)N(C)Cc1cc(Br)cn1C.I. The van der Waals surface area contributed by atoms with E-state index in [0.29, 0.717) is 5.92 Å². The standard InChI is InChI=1S/C17H28BrN5O.HI/c1-13(24)23-7-5-14(6-8-23)10-20-17(19-2)22(4)12-16-9-15(18)11-21(16)3;/h9,11,14H,5-8,10,12H2,1-4H3,(H,19,20);1H. The quantitative estimate of drug-likeness (QED) is 0.373. The van der Waals surface area contributed by atoms with Crippen LogP contribution in [0, 0.1) is 5.92 Å². The highest BCUT2D eigenvalue weighted by atomic mass is 127. The average molecular weight is 526 g/mol. The van der Waals surface area contributed by atoms with Gasteiger partial charge in [-0.2, -0.15) is 0 Å². The normalized spacial score (nSPS) is 15.7. The van der Waals surface area contributed by atoms with Crippen molar-refractivity contribution in [3.05, 3.63) is 22.4 Å². The zero-order chi connectivity index (χ0) is 17.7. The number of nitrogens with zero attached hydrogens (tertiary/aromatic N) is 4. The van der Waals surface area contributed by atoms with E-state index in [4.69, 9.17) is 0 Å². The van der Waals surface area contributed by atoms with Crippen molar-refractivity contribution in [3.8, 4) is 0 Å². The maximum Gasteiger partial charge on any atom is 0.219 e. The maximum absolute atomic E-state index is 11.4. The van der Waals surface area contributed by atoms with Gasteiger partial charge in [-0.25, -0.2) is 0 Å². The number of halogens is 2. The van der Waals surface area contributed by atoms with E-state index >= 15 is 0 Å². The van der Waals surface area contributed by atoms with Crippen molar-refractivity contribution in [1.82, 2.24) is 19.7 Å². The molecular weight excluding hydrogens is 497 g/mol. The summed E-state index contributed by atoms with van der Waals surface area (Å²) in [5, 5.41) is 3.48. The van der Waals surface area contributed by atoms with E-state index in [0.717, 1.165) is 49.5 Å². The molecule has 0 aromatic carbocycles. The summed E-state index contributed by atoms with van der Waals surface area (Å²) in [6.07, 6.45) is 4.16. The predicted molar refractivity (Wildman–Crippen MR) is 116 cm³/mol. The van der Waals surface area contributed by atoms with E-state index in [1.807, 2.05) is 19.0 Å². The van der Waals surface area contributed by atoms with Gasteiger partial charge in [-0.05, 0) is 40.8 Å². The second-order valence-electron chi connectivity index (χ2n) is 6.49. The van der Waals surface area contributed by atoms with E-state index in [9.17, 15) is 4.79 Å². The topological polar surface area (TPSA) is 52.9 Å². The Balaban J connectivity index is 0.00000312. The molecule has 1 amide bonds. The number of guanidine groups is 1. The van der Waals surface area contributed by atoms with Crippen molar-refractivity contribution >= 4 is 51.8 Å². The molecular formula is C17H29BrIN5O. The summed E-state index contributed by atoms with van der Waals surface area (Å²) in [6, 6.07) is 2.13. The highest BCUT2D eigenvalue weighted by molar-refractivity contribution is 14.0. The van der Waals surface area contributed by atoms with Crippen LogP contribution in [0.4, 0.5) is 0 Å². The lowest BCUT2D eigenvalue weighted by molar-refractivity contribution is -0.130. The van der Waals surface area contributed by atoms with Crippen LogP contribution in [0.2, 0.25) is 0 Å². The number of hydrogen-bond donors (Lipinski definition) is 1. The molecule has 2 heterocycles. The number of piperidine rings is 1. The van der Waals surface area contributed by atoms with Gasteiger partial charge in [0.05, 0.1) is 6.54 Å². The molecule has 0 aliphatic carbocycles. The smallest absolute Gasteiger partial charge is 0.219 e. The van der Waals surface area contributed by atoms with E-state index in [1.165, 1.54) is 5.69 Å². The molecule has 0 radical (unpaired) electrons. The summed E-state index contributed by atoms with van der Waals surface area (Å²) < 4.78 is 3.21. The van der Waals surface area contributed by atoms with Crippen LogP contribution in [0.25, 0.3) is 0 Å². The Morgan fingerprint density at radius 3 is 2.56 bits per heavy atom. The van der Waals surface area contributed by atoms with Gasteiger partial charge in [0, 0.05) is 64.1 Å². The Morgan fingerprint density at radius 1 is 1.44 bits per heavy atom. The number of carbonyl (C=O) groups is 1. The first-order valence-corrected chi connectivity index (χ1v) is 9.18. The molecule has 1 N–H and O–H groups in total. The molecule has 0 bridgehead atoms. The van der Waals surface area contributed by atoms with Crippen LogP contribution in [0.3, 0.4) is 0 Å². The molecule has 1 aromatic rings. The Hall–Kier alpha value is -0.770. The van der Waals surface area contributed by atoms with Crippen molar-refractivity contribution < 1.29 is 4.79 Å². The van der Waals surface area contributed by atoms with E-state index in [-0.39, 0.29) is 29.9 Å². The number of aromatic nitrogens is 1. The van der Waals surface area contributed by atoms with E-state index < -0.39 is 0 Å². The minimum Gasteiger partial charge on any atom is -0.356 e. The molecule has 1 aliphatic heterocycles. The summed E-state index contributed by atoms with van der Waals surface area (Å²) in [5.74, 6) is 1.68. The Morgan fingerprint density at radius 2 is 2.08 bits per heavy atom. The summed E-state index contributed by atoms with van der Waals surface area (Å²) >= 11 is 3.51. The van der Waals surface area contributed by atoms with E-state index in [2.05, 4.69) is 55.0 Å². The molecule has 1 aliphatic rings. The molecule has 2 rings (SSSR count). The number of aryl methyl sites for hydroxylation is 1. The maximum atomic E-state index is 11.4. The van der Waals surface area contributed by atoms with Gasteiger partial charge in [-0.15, -0.1) is 24.0 Å². The molecule has 8 heteroatoms. The summed E-state index contributed by atoms with van der Waals surface area (Å²) in [7, 11) is 5.92. The van der Waals surface area contributed by atoms with Crippen molar-refractivity contribution in [2.24, 2.45) is 18.0 Å². The molecule has 25 heavy (non-hydrogen) atoms. The third-order valence-electron chi connectivity index (χ3n) is 4.66. The third-order valence-corrected chi connectivity index (χ3v) is 5.09. The zero-order valence-electron chi connectivity index (χ0n) is 15.5. The van der Waals surface area contributed by atoms with Crippen molar-refractivity contribution in [2.45, 2.75) is 26.3 Å². The number of rotatable bonds is 4. The summed E-state index contributed by atoms with van der Waals surface area (Å²) in [5.41, 5.74) is 1.22. The van der Waals surface area contributed by atoms with Gasteiger partial charge in [0.2, 0.25) is 5.91 Å². The Kier molecular flexibility index (Phi) is 9.26. The lowest BCUT2D eigenvalue weighted by Gasteiger charge is -2.32. The summed E-state index contributed by atoms with van der Waals surface area (Å²) in [4.78, 5) is 19.8. The Labute approximate surface area is 176 Å². The van der Waals surface area contributed by atoms with Crippen LogP contribution in [0.5, 0.6) is 0 Å². The number of likely N-dealkylation sites (tertiary alicyclic amines) is 1. The Bertz CT molecular complexity index is 596. The van der Waals surface area contributed by atoms with Gasteiger partial charge >= 0.3 is 0 Å². The van der Waals surface area contributed by atoms with Crippen LogP contribution in [0.1, 0.15) is 25.5 Å². The molecule has 1 saturated heterocycles. The molecule has 1 aromatic heterocycles. The number of amides is 1. The fraction of sp³-hybridized carbons (Fsp3) is 0.647. The van der Waals surface area contributed by atoms with Crippen molar-refractivity contribution in [1.29, 1.82) is 0 Å². The number of aliphatic imine (C=N–C) groups is 1. The lowest BCUT2D eigenvalue weighted by Crippen LogP contribution is -2.44. The van der Waals surface area contributed by atoms with Crippen LogP contribution in [-0.4, -0.2) is 60.0 Å². The second-order valence-corrected chi connectivity index (χ2v) is 7.41. The molecule has 1 fully saturated rings. The van der Waals surface area contributed by atoms with E-state index in [1.54, 1.807) is 6.92 Å². The van der Waals surface area contributed by atoms with Crippen molar-refractivity contribution in [3.63, 3.8) is 0 Å². The fourth-order valence-corrected chi connectivity index (χ4v) is 3.68. The largest absolute Gasteiger partial charge is 0.356 e. The van der Waals surface area contributed by atoms with Gasteiger partial charge in [-0.1, -0.05) is 0 Å². The minimum absolute atomic E-state index is 0. The summed E-state index contributed by atoms with van der Waals surface area (Å²) in [6.45, 7) is 5.09. The molecule has 0 unspecified atom stereocenters. The van der Waals surface area contributed by atoms with Gasteiger partial charge in [-0.3, -0.25) is 9.79 Å². The number of carbonyl (C=O) groups excluding carboxylic acids is 1. The zero-order valence-corrected chi connectivity index (χ0v) is 19.4. The third kappa shape index (κ3) is 6.47. The highest BCUT2D eigenvalue weighted by Crippen LogP contribution is 2.17. The van der Waals surface area contributed by atoms with Crippen LogP contribution in [0.15, 0.2) is 21.7 Å². The van der Waals surface area contributed by atoms with Gasteiger partial charge in [0.1, 0.15) is 0 Å². The van der Waals surface area contributed by atoms with Crippen LogP contribution in [-0.2, 0) is 18.4 Å². The lowest BCUT2D eigenvalue weighted by atomic mass is 9.97. The molecule has 6 nitrogen and oxygen atoms in total. The van der Waals surface area contributed by atoms with Gasteiger partial charge < -0.3 is 19.7 Å². The predicted octanol–water partition coefficient (Wildman–Crippen LogP) is 2.67. The number of nitrogens with one attached hydrogen (secondary N) is 1. The van der Waals surface area contributed by atoms with Crippen LogP contribution >= 0.6 is 39.9 Å². The monoisotopic (exact) mass is 525 g/mol. The highest BCUT2D eigenvalue weighted by Gasteiger charge is 2.21. The van der Waals surface area contributed by atoms with Crippen molar-refractivity contribution in [2.75, 3.05) is 33.7 Å². The molecule has 0 spiro atoms. The number of hydrogen-bond acceptors (Lipinski definition) is 2. The molecule has 0 atom stereocenters. The first kappa shape index (κ1) is 22.3. The first-order chi connectivity index (χ1) is 11.4. The van der Waals surface area contributed by atoms with Crippen LogP contribution < -0.4 is 5.32 Å². The molecule has 142 valence electrons. The average Bonchev–Trinajstić information content (AvgIpc) is 2.85. The second kappa shape index (κ2) is 10.4. The van der Waals surface area contributed by atoms with Gasteiger partial charge in [0.25, 0.3) is 0 Å². The van der Waals surface area contributed by atoms with Gasteiger partial charge in [0.15, 0.2) is 5.96 Å². The molecule has 0 saturated carbocycles. The minimum atomic E-state index is 0. The fourth-order valence-electron chi connectivity index (χ4n) is 3.11.